The largest absolute Gasteiger partial charge is 0.496 e. The molecule has 0 aliphatic carbocycles. The molecule has 1 heterocycles. The lowest BCUT2D eigenvalue weighted by molar-refractivity contribution is 0.409. The maximum Gasteiger partial charge on any atom is 0.191 e. The number of methoxy groups -OCH3 is 1. The van der Waals surface area contributed by atoms with E-state index in [0.29, 0.717) is 11.6 Å². The first-order valence-corrected chi connectivity index (χ1v) is 8.28. The summed E-state index contributed by atoms with van der Waals surface area (Å²) in [6.45, 7) is 1.47. The van der Waals surface area contributed by atoms with Crippen LogP contribution in [0.25, 0.3) is 0 Å². The van der Waals surface area contributed by atoms with Crippen LogP contribution in [0.5, 0.6) is 5.75 Å². The predicted octanol–water partition coefficient (Wildman–Crippen LogP) is 3.94. The molecule has 0 fully saturated rings. The van der Waals surface area contributed by atoms with Crippen molar-refractivity contribution in [3.8, 4) is 5.75 Å². The lowest BCUT2D eigenvalue weighted by Gasteiger charge is -2.13. The van der Waals surface area contributed by atoms with Gasteiger partial charge in [0.1, 0.15) is 5.75 Å². The molecule has 2 N–H and O–H groups in total. The van der Waals surface area contributed by atoms with Crippen LogP contribution < -0.4 is 15.4 Å². The minimum Gasteiger partial charge on any atom is -0.496 e. The SMILES string of the molecule is CN=C(NCCc1cccs1)NCc1ccc(Cl)cc1OC.I. The molecule has 2 rings (SSSR count). The van der Waals surface area contributed by atoms with Crippen LogP contribution in [-0.2, 0) is 13.0 Å². The molecule has 0 spiro atoms. The van der Waals surface area contributed by atoms with Gasteiger partial charge in [0.15, 0.2) is 5.96 Å². The van der Waals surface area contributed by atoms with Crippen LogP contribution in [0.1, 0.15) is 10.4 Å². The van der Waals surface area contributed by atoms with Gasteiger partial charge in [0, 0.05) is 35.6 Å². The number of hydrogen-bond donors (Lipinski definition) is 2. The van der Waals surface area contributed by atoms with E-state index in [4.69, 9.17) is 16.3 Å². The zero-order valence-corrected chi connectivity index (χ0v) is 17.0. The van der Waals surface area contributed by atoms with Gasteiger partial charge in [0.25, 0.3) is 0 Å². The quantitative estimate of drug-likeness (QED) is 0.386. The van der Waals surface area contributed by atoms with Gasteiger partial charge in [0.05, 0.1) is 7.11 Å². The Kier molecular flexibility index (Phi) is 9.35. The summed E-state index contributed by atoms with van der Waals surface area (Å²) in [5.74, 6) is 1.54. The van der Waals surface area contributed by atoms with Crippen molar-refractivity contribution in [2.24, 2.45) is 4.99 Å². The summed E-state index contributed by atoms with van der Waals surface area (Å²) in [4.78, 5) is 5.59. The number of aliphatic imine (C=N–C) groups is 1. The molecule has 126 valence electrons. The Balaban J connectivity index is 0.00000264. The minimum absolute atomic E-state index is 0. The molecule has 0 unspecified atom stereocenters. The average molecular weight is 466 g/mol. The summed E-state index contributed by atoms with van der Waals surface area (Å²) in [6.07, 6.45) is 0.989. The second kappa shape index (κ2) is 10.7. The average Bonchev–Trinajstić information content (AvgIpc) is 3.04. The molecule has 7 heteroatoms. The summed E-state index contributed by atoms with van der Waals surface area (Å²) in [7, 11) is 3.41. The van der Waals surface area contributed by atoms with Crippen molar-refractivity contribution in [3.63, 3.8) is 0 Å². The number of nitrogens with one attached hydrogen (secondary N) is 2. The van der Waals surface area contributed by atoms with E-state index in [9.17, 15) is 0 Å². The van der Waals surface area contributed by atoms with Gasteiger partial charge in [-0.3, -0.25) is 4.99 Å². The van der Waals surface area contributed by atoms with Crippen molar-refractivity contribution in [1.29, 1.82) is 0 Å². The van der Waals surface area contributed by atoms with E-state index < -0.39 is 0 Å². The molecular weight excluding hydrogens is 445 g/mol. The van der Waals surface area contributed by atoms with E-state index >= 15 is 0 Å². The van der Waals surface area contributed by atoms with E-state index in [0.717, 1.165) is 30.2 Å². The number of benzene rings is 1. The second-order valence-corrected chi connectivity index (χ2v) is 6.11. The monoisotopic (exact) mass is 465 g/mol. The summed E-state index contributed by atoms with van der Waals surface area (Å²) in [5.41, 5.74) is 1.04. The summed E-state index contributed by atoms with van der Waals surface area (Å²) in [6, 6.07) is 9.83. The normalized spacial score (nSPS) is 10.8. The highest BCUT2D eigenvalue weighted by atomic mass is 127. The minimum atomic E-state index is 0. The molecule has 0 saturated heterocycles. The van der Waals surface area contributed by atoms with Crippen LogP contribution >= 0.6 is 46.9 Å². The highest BCUT2D eigenvalue weighted by molar-refractivity contribution is 14.0. The Morgan fingerprint density at radius 2 is 2.13 bits per heavy atom. The highest BCUT2D eigenvalue weighted by Crippen LogP contribution is 2.22. The zero-order chi connectivity index (χ0) is 15.8. The lowest BCUT2D eigenvalue weighted by atomic mass is 10.2. The molecule has 0 radical (unpaired) electrons. The third kappa shape index (κ3) is 6.56. The van der Waals surface area contributed by atoms with Crippen molar-refractivity contribution in [2.45, 2.75) is 13.0 Å². The van der Waals surface area contributed by atoms with Crippen LogP contribution in [-0.4, -0.2) is 26.7 Å². The van der Waals surface area contributed by atoms with Crippen LogP contribution in [0.2, 0.25) is 5.02 Å². The van der Waals surface area contributed by atoms with Crippen LogP contribution in [0, 0.1) is 0 Å². The molecule has 0 bridgehead atoms. The van der Waals surface area contributed by atoms with E-state index in [1.54, 1.807) is 25.5 Å². The third-order valence-electron chi connectivity index (χ3n) is 3.16. The number of guanidine groups is 1. The van der Waals surface area contributed by atoms with E-state index in [-0.39, 0.29) is 24.0 Å². The van der Waals surface area contributed by atoms with Crippen molar-refractivity contribution in [1.82, 2.24) is 10.6 Å². The Morgan fingerprint density at radius 1 is 1.30 bits per heavy atom. The van der Waals surface area contributed by atoms with Crippen LogP contribution in [0.4, 0.5) is 0 Å². The smallest absolute Gasteiger partial charge is 0.191 e. The third-order valence-corrected chi connectivity index (χ3v) is 4.33. The molecule has 0 saturated carbocycles. The predicted molar refractivity (Wildman–Crippen MR) is 110 cm³/mol. The van der Waals surface area contributed by atoms with Gasteiger partial charge in [-0.25, -0.2) is 0 Å². The van der Waals surface area contributed by atoms with Crippen LogP contribution in [0.3, 0.4) is 0 Å². The van der Waals surface area contributed by atoms with E-state index in [1.165, 1.54) is 4.88 Å². The van der Waals surface area contributed by atoms with Gasteiger partial charge in [-0.15, -0.1) is 35.3 Å². The number of thiophene rings is 1. The van der Waals surface area contributed by atoms with Crippen molar-refractivity contribution >= 4 is 52.9 Å². The molecule has 0 aliphatic heterocycles. The first-order valence-electron chi connectivity index (χ1n) is 7.02. The van der Waals surface area contributed by atoms with E-state index in [2.05, 4.69) is 33.1 Å². The summed E-state index contributed by atoms with van der Waals surface area (Å²) >= 11 is 7.74. The van der Waals surface area contributed by atoms with Gasteiger partial charge < -0.3 is 15.4 Å². The lowest BCUT2D eigenvalue weighted by Crippen LogP contribution is -2.37. The van der Waals surface area contributed by atoms with E-state index in [1.807, 2.05) is 18.2 Å². The highest BCUT2D eigenvalue weighted by Gasteiger charge is 2.05. The number of halogens is 2. The molecule has 0 aliphatic rings. The summed E-state index contributed by atoms with van der Waals surface area (Å²) < 4.78 is 5.34. The molecule has 23 heavy (non-hydrogen) atoms. The van der Waals surface area contributed by atoms with Crippen LogP contribution in [0.15, 0.2) is 40.7 Å². The number of rotatable bonds is 6. The van der Waals surface area contributed by atoms with Gasteiger partial charge in [0.2, 0.25) is 0 Å². The standard InChI is InChI=1S/C16H20ClN3OS.HI/c1-18-16(19-8-7-14-4-3-9-22-14)20-11-12-5-6-13(17)10-15(12)21-2;/h3-6,9-10H,7-8,11H2,1-2H3,(H2,18,19,20);1H. The van der Waals surface area contributed by atoms with Crippen molar-refractivity contribution in [3.05, 3.63) is 51.2 Å². The van der Waals surface area contributed by atoms with Gasteiger partial charge in [-0.2, -0.15) is 0 Å². The number of nitrogens with zero attached hydrogens (tertiary/aromatic N) is 1. The maximum absolute atomic E-state index is 5.97. The van der Waals surface area contributed by atoms with Gasteiger partial charge >= 0.3 is 0 Å². The molecular formula is C16H21ClIN3OS. The second-order valence-electron chi connectivity index (χ2n) is 4.64. The number of hydrogen-bond acceptors (Lipinski definition) is 3. The van der Waals surface area contributed by atoms with Gasteiger partial charge in [-0.1, -0.05) is 23.7 Å². The molecule has 0 amide bonds. The Morgan fingerprint density at radius 3 is 2.78 bits per heavy atom. The Hall–Kier alpha value is -0.990. The number of ether oxygens (including phenoxy) is 1. The summed E-state index contributed by atoms with van der Waals surface area (Å²) in [5, 5.41) is 9.34. The molecule has 2 aromatic rings. The topological polar surface area (TPSA) is 45.7 Å². The fraction of sp³-hybridized carbons (Fsp3) is 0.312. The molecule has 1 aromatic carbocycles. The van der Waals surface area contributed by atoms with Crippen molar-refractivity contribution < 1.29 is 4.74 Å². The molecule has 1 aromatic heterocycles. The zero-order valence-electron chi connectivity index (χ0n) is 13.1. The molecule has 4 nitrogen and oxygen atoms in total. The maximum atomic E-state index is 5.97. The first-order chi connectivity index (χ1) is 10.7. The Bertz CT molecular complexity index is 620. The fourth-order valence-corrected chi connectivity index (χ4v) is 2.89. The Labute approximate surface area is 163 Å². The van der Waals surface area contributed by atoms with Crippen molar-refractivity contribution in [2.75, 3.05) is 20.7 Å². The first kappa shape index (κ1) is 20.1. The fourth-order valence-electron chi connectivity index (χ4n) is 2.02. The molecule has 0 atom stereocenters. The van der Waals surface area contributed by atoms with Gasteiger partial charge in [-0.05, 0) is 30.0 Å².